The summed E-state index contributed by atoms with van der Waals surface area (Å²) in [7, 11) is 1.75. The molecule has 0 N–H and O–H groups in total. The van der Waals surface area contributed by atoms with E-state index in [2.05, 4.69) is 5.10 Å². The molecule has 1 unspecified atom stereocenters. The minimum absolute atomic E-state index is 0.353. The lowest BCUT2D eigenvalue weighted by Gasteiger charge is -1.96. The van der Waals surface area contributed by atoms with Crippen LogP contribution < -0.4 is 0 Å². The van der Waals surface area contributed by atoms with Crippen LogP contribution in [0, 0.1) is 11.3 Å². The number of halogens is 1. The van der Waals surface area contributed by atoms with E-state index in [1.54, 1.807) is 11.7 Å². The van der Waals surface area contributed by atoms with Crippen molar-refractivity contribution in [2.24, 2.45) is 7.05 Å². The number of aromatic nitrogens is 2. The second-order valence-electron chi connectivity index (χ2n) is 3.01. The molecular formula is C8H8FN3. The van der Waals surface area contributed by atoms with E-state index in [4.69, 9.17) is 5.26 Å². The summed E-state index contributed by atoms with van der Waals surface area (Å²) < 4.78 is 14.5. The van der Waals surface area contributed by atoms with Crippen molar-refractivity contribution in [1.29, 1.82) is 5.26 Å². The van der Waals surface area contributed by atoms with Gasteiger partial charge >= 0.3 is 0 Å². The lowest BCUT2D eigenvalue weighted by atomic mass is 10.2. The van der Waals surface area contributed by atoms with Gasteiger partial charge < -0.3 is 0 Å². The highest BCUT2D eigenvalue weighted by atomic mass is 19.1. The van der Waals surface area contributed by atoms with Gasteiger partial charge in [0.2, 0.25) is 0 Å². The molecule has 4 heteroatoms. The van der Waals surface area contributed by atoms with Crippen LogP contribution in [0.4, 0.5) is 4.39 Å². The van der Waals surface area contributed by atoms with Gasteiger partial charge in [-0.3, -0.25) is 4.68 Å². The molecule has 3 nitrogen and oxygen atoms in total. The molecule has 1 aliphatic carbocycles. The maximum Gasteiger partial charge on any atom is 0.166 e. The van der Waals surface area contributed by atoms with Crippen LogP contribution in [0.3, 0.4) is 0 Å². The Bertz CT molecular complexity index is 361. The summed E-state index contributed by atoms with van der Waals surface area (Å²) in [4.78, 5) is 0. The molecule has 1 heterocycles. The molecule has 0 spiro atoms. The van der Waals surface area contributed by atoms with Crippen molar-refractivity contribution in [2.45, 2.75) is 19.0 Å². The second-order valence-corrected chi connectivity index (χ2v) is 3.01. The lowest BCUT2D eigenvalue weighted by Crippen LogP contribution is -2.03. The van der Waals surface area contributed by atoms with E-state index >= 15 is 0 Å². The Labute approximate surface area is 69.4 Å². The molecule has 0 aliphatic heterocycles. The molecule has 0 aromatic carbocycles. The molecule has 1 aromatic rings. The third-order valence-electron chi connectivity index (χ3n) is 2.22. The van der Waals surface area contributed by atoms with Crippen LogP contribution in [0.25, 0.3) is 0 Å². The second kappa shape index (κ2) is 2.31. The van der Waals surface area contributed by atoms with E-state index in [0.29, 0.717) is 18.5 Å². The van der Waals surface area contributed by atoms with Gasteiger partial charge in [0.05, 0.1) is 0 Å². The Morgan fingerprint density at radius 1 is 1.67 bits per heavy atom. The monoisotopic (exact) mass is 165 g/mol. The Morgan fingerprint density at radius 3 is 3.08 bits per heavy atom. The fourth-order valence-electron chi connectivity index (χ4n) is 1.67. The average molecular weight is 165 g/mol. The highest BCUT2D eigenvalue weighted by Crippen LogP contribution is 2.26. The molecule has 2 rings (SSSR count). The van der Waals surface area contributed by atoms with Gasteiger partial charge in [-0.15, -0.1) is 0 Å². The molecule has 1 aromatic heterocycles. The van der Waals surface area contributed by atoms with Crippen molar-refractivity contribution in [1.82, 2.24) is 9.78 Å². The van der Waals surface area contributed by atoms with Gasteiger partial charge in [-0.05, 0) is 0 Å². The summed E-state index contributed by atoms with van der Waals surface area (Å²) in [5.74, 6) is 0. The number of hydrogen-bond donors (Lipinski definition) is 0. The van der Waals surface area contributed by atoms with Gasteiger partial charge in [0.1, 0.15) is 12.2 Å². The summed E-state index contributed by atoms with van der Waals surface area (Å²) in [6.45, 7) is 0. The van der Waals surface area contributed by atoms with E-state index in [1.807, 2.05) is 6.07 Å². The van der Waals surface area contributed by atoms with Crippen molar-refractivity contribution in [3.05, 3.63) is 17.0 Å². The molecule has 0 bridgehead atoms. The smallest absolute Gasteiger partial charge is 0.166 e. The molecule has 12 heavy (non-hydrogen) atoms. The number of alkyl halides is 1. The molecule has 0 radical (unpaired) electrons. The van der Waals surface area contributed by atoms with Gasteiger partial charge in [-0.25, -0.2) is 4.39 Å². The van der Waals surface area contributed by atoms with Crippen molar-refractivity contribution >= 4 is 0 Å². The number of nitriles is 1. The van der Waals surface area contributed by atoms with Crippen LogP contribution in [-0.2, 0) is 19.9 Å². The first kappa shape index (κ1) is 7.29. The van der Waals surface area contributed by atoms with Crippen molar-refractivity contribution in [3.63, 3.8) is 0 Å². The van der Waals surface area contributed by atoms with Crippen LogP contribution in [0.5, 0.6) is 0 Å². The van der Waals surface area contributed by atoms with Crippen LogP contribution in [0.15, 0.2) is 0 Å². The number of aryl methyl sites for hydroxylation is 1. The molecule has 0 fully saturated rings. The van der Waals surface area contributed by atoms with E-state index in [1.165, 1.54) is 0 Å². The fourth-order valence-corrected chi connectivity index (χ4v) is 1.67. The molecule has 0 saturated heterocycles. The van der Waals surface area contributed by atoms with Gasteiger partial charge in [0, 0.05) is 31.1 Å². The largest absolute Gasteiger partial charge is 0.271 e. The maximum atomic E-state index is 12.9. The predicted molar refractivity (Wildman–Crippen MR) is 40.2 cm³/mol. The summed E-state index contributed by atoms with van der Waals surface area (Å²) in [5, 5.41) is 12.6. The average Bonchev–Trinajstić information content (AvgIpc) is 2.52. The third-order valence-corrected chi connectivity index (χ3v) is 2.22. The SMILES string of the molecule is Cn1nc(C#N)c2c1CC(F)C2. The summed E-state index contributed by atoms with van der Waals surface area (Å²) >= 11 is 0. The van der Waals surface area contributed by atoms with Crippen LogP contribution in [0.2, 0.25) is 0 Å². The van der Waals surface area contributed by atoms with Gasteiger partial charge in [-0.1, -0.05) is 0 Å². The molecule has 0 saturated carbocycles. The molecule has 62 valence electrons. The van der Waals surface area contributed by atoms with E-state index < -0.39 is 6.17 Å². The molecule has 1 atom stereocenters. The Kier molecular flexibility index (Phi) is 1.40. The zero-order valence-electron chi connectivity index (χ0n) is 6.71. The Hall–Kier alpha value is -1.37. The van der Waals surface area contributed by atoms with Crippen LogP contribution in [0.1, 0.15) is 17.0 Å². The fraction of sp³-hybridized carbons (Fsp3) is 0.500. The molecular weight excluding hydrogens is 157 g/mol. The molecule has 1 aliphatic rings. The molecule has 0 amide bonds. The van der Waals surface area contributed by atoms with E-state index in [0.717, 1.165) is 11.3 Å². The van der Waals surface area contributed by atoms with Crippen molar-refractivity contribution < 1.29 is 4.39 Å². The first-order valence-corrected chi connectivity index (χ1v) is 3.81. The number of rotatable bonds is 0. The highest BCUT2D eigenvalue weighted by molar-refractivity contribution is 5.39. The minimum atomic E-state index is -0.823. The predicted octanol–water partition coefficient (Wildman–Crippen LogP) is 0.728. The van der Waals surface area contributed by atoms with Crippen LogP contribution in [-0.4, -0.2) is 16.0 Å². The summed E-state index contributed by atoms with van der Waals surface area (Å²) in [6, 6.07) is 1.97. The third kappa shape index (κ3) is 0.828. The van der Waals surface area contributed by atoms with Crippen molar-refractivity contribution in [3.8, 4) is 6.07 Å². The Balaban J connectivity index is 2.54. The standard InChI is InChI=1S/C8H8FN3/c1-12-8-3-5(9)2-6(8)7(4-10)11-12/h5H,2-3H2,1H3. The van der Waals surface area contributed by atoms with Gasteiger partial charge in [0.15, 0.2) is 5.69 Å². The van der Waals surface area contributed by atoms with Gasteiger partial charge in [-0.2, -0.15) is 10.4 Å². The van der Waals surface area contributed by atoms with E-state index in [9.17, 15) is 4.39 Å². The zero-order chi connectivity index (χ0) is 8.72. The van der Waals surface area contributed by atoms with Gasteiger partial charge in [0.25, 0.3) is 0 Å². The first-order valence-electron chi connectivity index (χ1n) is 3.81. The summed E-state index contributed by atoms with van der Waals surface area (Å²) in [5.41, 5.74) is 2.05. The van der Waals surface area contributed by atoms with Crippen LogP contribution >= 0.6 is 0 Å². The normalized spacial score (nSPS) is 20.6. The van der Waals surface area contributed by atoms with E-state index in [-0.39, 0.29) is 0 Å². The Morgan fingerprint density at radius 2 is 2.42 bits per heavy atom. The minimum Gasteiger partial charge on any atom is -0.271 e. The highest BCUT2D eigenvalue weighted by Gasteiger charge is 2.27. The maximum absolute atomic E-state index is 12.9. The number of nitrogens with zero attached hydrogens (tertiary/aromatic N) is 3. The summed E-state index contributed by atoms with van der Waals surface area (Å²) in [6.07, 6.45) is -0.0663. The lowest BCUT2D eigenvalue weighted by molar-refractivity contribution is 0.344. The quantitative estimate of drug-likeness (QED) is 0.568. The zero-order valence-corrected chi connectivity index (χ0v) is 6.71. The first-order chi connectivity index (χ1) is 5.72. The number of hydrogen-bond acceptors (Lipinski definition) is 2. The topological polar surface area (TPSA) is 41.6 Å². The van der Waals surface area contributed by atoms with Crippen molar-refractivity contribution in [2.75, 3.05) is 0 Å². The number of fused-ring (bicyclic) bond motifs is 1.